The molecule has 0 aromatic rings. The average molecular weight is 226 g/mol. The van der Waals surface area contributed by atoms with Crippen LogP contribution in [0.15, 0.2) is 47.5 Å². The molecule has 4 rings (SSSR count). The van der Waals surface area contributed by atoms with Crippen molar-refractivity contribution in [3.05, 3.63) is 47.5 Å². The van der Waals surface area contributed by atoms with E-state index in [1.54, 1.807) is 11.4 Å². The van der Waals surface area contributed by atoms with E-state index in [2.05, 4.69) is 47.2 Å². The lowest BCUT2D eigenvalue weighted by Gasteiger charge is -2.26. The standard InChI is InChI=1S/C15H18N2/c1-16-13-8-4-5-9-14(13)17-12-7-3-2-6-11(12)10-15(16)17/h2-3,5,7,9,11,15H,4,6,8,10H2,1H3. The molecule has 88 valence electrons. The Hall–Kier alpha value is -1.44. The van der Waals surface area contributed by atoms with Crippen LogP contribution in [-0.2, 0) is 0 Å². The number of fused-ring (bicyclic) bond motifs is 4. The van der Waals surface area contributed by atoms with Crippen molar-refractivity contribution in [2.75, 3.05) is 7.05 Å². The Balaban J connectivity index is 1.81. The van der Waals surface area contributed by atoms with Gasteiger partial charge in [0.2, 0.25) is 0 Å². The average Bonchev–Trinajstić information content (AvgIpc) is 2.88. The van der Waals surface area contributed by atoms with Crippen molar-refractivity contribution in [3.8, 4) is 0 Å². The van der Waals surface area contributed by atoms with E-state index in [4.69, 9.17) is 0 Å². The van der Waals surface area contributed by atoms with Crippen LogP contribution in [0.3, 0.4) is 0 Å². The molecule has 0 aromatic heterocycles. The van der Waals surface area contributed by atoms with Crippen LogP contribution in [0, 0.1) is 5.92 Å². The molecule has 0 amide bonds. The van der Waals surface area contributed by atoms with Crippen LogP contribution in [0.5, 0.6) is 0 Å². The fourth-order valence-corrected chi connectivity index (χ4v) is 3.72. The molecule has 0 N–H and O–H groups in total. The first-order chi connectivity index (χ1) is 8.36. The van der Waals surface area contributed by atoms with E-state index in [9.17, 15) is 0 Å². The Bertz CT molecular complexity index is 481. The van der Waals surface area contributed by atoms with Gasteiger partial charge in [-0.25, -0.2) is 0 Å². The summed E-state index contributed by atoms with van der Waals surface area (Å²) in [6.45, 7) is 0. The lowest BCUT2D eigenvalue weighted by Crippen LogP contribution is -2.32. The smallest absolute Gasteiger partial charge is 0.106 e. The topological polar surface area (TPSA) is 6.48 Å². The molecule has 0 saturated carbocycles. The maximum absolute atomic E-state index is 2.58. The van der Waals surface area contributed by atoms with Gasteiger partial charge in [0, 0.05) is 24.4 Å². The van der Waals surface area contributed by atoms with Crippen LogP contribution < -0.4 is 0 Å². The number of hydrogen-bond donors (Lipinski definition) is 0. The molecular formula is C15H18N2. The predicted octanol–water partition coefficient (Wildman–Crippen LogP) is 2.99. The minimum atomic E-state index is 0.582. The monoisotopic (exact) mass is 226 g/mol. The van der Waals surface area contributed by atoms with Crippen LogP contribution in [0.4, 0.5) is 0 Å². The SMILES string of the molecule is CN1C2=C(C=CCC2)N2C3=CC=CCC3CC12. The van der Waals surface area contributed by atoms with Crippen LogP contribution in [0.1, 0.15) is 25.7 Å². The molecule has 0 radical (unpaired) electrons. The molecule has 2 heterocycles. The van der Waals surface area contributed by atoms with E-state index in [0.29, 0.717) is 6.17 Å². The first kappa shape index (κ1) is 9.58. The van der Waals surface area contributed by atoms with Crippen LogP contribution >= 0.6 is 0 Å². The van der Waals surface area contributed by atoms with Crippen LogP contribution in [-0.4, -0.2) is 23.0 Å². The molecule has 0 aromatic carbocycles. The van der Waals surface area contributed by atoms with Crippen molar-refractivity contribution in [2.24, 2.45) is 5.92 Å². The molecule has 2 heteroatoms. The fraction of sp³-hybridized carbons (Fsp3) is 0.467. The maximum atomic E-state index is 2.58. The third-order valence-electron chi connectivity index (χ3n) is 4.57. The van der Waals surface area contributed by atoms with Gasteiger partial charge < -0.3 is 9.80 Å². The van der Waals surface area contributed by atoms with Gasteiger partial charge >= 0.3 is 0 Å². The Morgan fingerprint density at radius 2 is 2.24 bits per heavy atom. The van der Waals surface area contributed by atoms with Crippen molar-refractivity contribution >= 4 is 0 Å². The van der Waals surface area contributed by atoms with Gasteiger partial charge in [0.25, 0.3) is 0 Å². The summed E-state index contributed by atoms with van der Waals surface area (Å²) in [5, 5.41) is 0. The van der Waals surface area contributed by atoms with Gasteiger partial charge in [-0.3, -0.25) is 0 Å². The first-order valence-electron chi connectivity index (χ1n) is 6.65. The van der Waals surface area contributed by atoms with Crippen molar-refractivity contribution in [2.45, 2.75) is 31.8 Å². The lowest BCUT2D eigenvalue weighted by molar-refractivity contribution is 0.223. The minimum Gasteiger partial charge on any atom is -0.356 e. The van der Waals surface area contributed by atoms with Gasteiger partial charge in [-0.05, 0) is 37.8 Å². The summed E-state index contributed by atoms with van der Waals surface area (Å²) in [5.41, 5.74) is 4.56. The highest BCUT2D eigenvalue weighted by molar-refractivity contribution is 5.40. The van der Waals surface area contributed by atoms with E-state index < -0.39 is 0 Å². The maximum Gasteiger partial charge on any atom is 0.106 e. The van der Waals surface area contributed by atoms with E-state index in [1.165, 1.54) is 31.4 Å². The zero-order valence-electron chi connectivity index (χ0n) is 10.3. The molecule has 2 aliphatic carbocycles. The van der Waals surface area contributed by atoms with Gasteiger partial charge in [-0.2, -0.15) is 0 Å². The third kappa shape index (κ3) is 1.16. The Labute approximate surface area is 103 Å². The zero-order valence-corrected chi connectivity index (χ0v) is 10.3. The summed E-state index contributed by atoms with van der Waals surface area (Å²) in [5.74, 6) is 0.747. The normalized spacial score (nSPS) is 33.8. The van der Waals surface area contributed by atoms with E-state index >= 15 is 0 Å². The second-order valence-corrected chi connectivity index (χ2v) is 5.42. The molecule has 2 unspecified atom stereocenters. The molecule has 2 aliphatic heterocycles. The van der Waals surface area contributed by atoms with Gasteiger partial charge in [-0.15, -0.1) is 0 Å². The van der Waals surface area contributed by atoms with Gasteiger partial charge in [0.1, 0.15) is 6.17 Å². The summed E-state index contributed by atoms with van der Waals surface area (Å²) >= 11 is 0. The van der Waals surface area contributed by atoms with Gasteiger partial charge in [0.15, 0.2) is 0 Å². The van der Waals surface area contributed by atoms with Crippen LogP contribution in [0.25, 0.3) is 0 Å². The van der Waals surface area contributed by atoms with Crippen molar-refractivity contribution in [1.82, 2.24) is 9.80 Å². The number of rotatable bonds is 0. The van der Waals surface area contributed by atoms with Crippen LogP contribution in [0.2, 0.25) is 0 Å². The minimum absolute atomic E-state index is 0.582. The Morgan fingerprint density at radius 1 is 1.29 bits per heavy atom. The first-order valence-corrected chi connectivity index (χ1v) is 6.65. The molecular weight excluding hydrogens is 208 g/mol. The molecule has 2 nitrogen and oxygen atoms in total. The highest BCUT2D eigenvalue weighted by atomic mass is 15.4. The molecule has 17 heavy (non-hydrogen) atoms. The second kappa shape index (κ2) is 3.28. The highest BCUT2D eigenvalue weighted by Gasteiger charge is 2.45. The summed E-state index contributed by atoms with van der Waals surface area (Å²) in [7, 11) is 2.27. The molecule has 1 saturated heterocycles. The van der Waals surface area contributed by atoms with Crippen molar-refractivity contribution in [1.29, 1.82) is 0 Å². The number of nitrogens with zero attached hydrogens (tertiary/aromatic N) is 2. The predicted molar refractivity (Wildman–Crippen MR) is 68.7 cm³/mol. The van der Waals surface area contributed by atoms with Gasteiger partial charge in [0.05, 0.1) is 5.70 Å². The summed E-state index contributed by atoms with van der Waals surface area (Å²) < 4.78 is 0. The summed E-state index contributed by atoms with van der Waals surface area (Å²) in [6.07, 6.45) is 17.0. The molecule has 0 spiro atoms. The highest BCUT2D eigenvalue weighted by Crippen LogP contribution is 2.48. The fourth-order valence-electron chi connectivity index (χ4n) is 3.72. The summed E-state index contributed by atoms with van der Waals surface area (Å²) in [6, 6.07) is 0. The zero-order chi connectivity index (χ0) is 11.4. The number of hydrogen-bond acceptors (Lipinski definition) is 2. The number of allylic oxidation sites excluding steroid dienone is 7. The Kier molecular flexibility index (Phi) is 1.85. The molecule has 2 atom stereocenters. The van der Waals surface area contributed by atoms with Crippen molar-refractivity contribution < 1.29 is 0 Å². The van der Waals surface area contributed by atoms with E-state index in [0.717, 1.165) is 5.92 Å². The molecule has 1 fully saturated rings. The quantitative estimate of drug-likeness (QED) is 0.626. The second-order valence-electron chi connectivity index (χ2n) is 5.42. The van der Waals surface area contributed by atoms with E-state index in [1.807, 2.05) is 0 Å². The third-order valence-corrected chi connectivity index (χ3v) is 4.57. The molecule has 4 aliphatic rings. The van der Waals surface area contributed by atoms with Gasteiger partial charge in [-0.1, -0.05) is 18.2 Å². The Morgan fingerprint density at radius 3 is 3.18 bits per heavy atom. The lowest BCUT2D eigenvalue weighted by atomic mass is 9.95. The molecule has 0 bridgehead atoms. The van der Waals surface area contributed by atoms with Crippen molar-refractivity contribution in [3.63, 3.8) is 0 Å². The largest absolute Gasteiger partial charge is 0.356 e. The summed E-state index contributed by atoms with van der Waals surface area (Å²) in [4.78, 5) is 5.09. The van der Waals surface area contributed by atoms with E-state index in [-0.39, 0.29) is 0 Å².